The molecule has 0 heterocycles. The molecular weight excluding hydrogens is 267 g/mol. The standard InChI is InChI=1S/C13H19FN2O4/c1-2-20-13(19)9-7-12(10(14)8-11(9)15)16(3-5-17)4-6-18/h7-8,17-18H,2-6,15H2,1H3. The van der Waals surface area contributed by atoms with Gasteiger partial charge in [0.15, 0.2) is 0 Å². The summed E-state index contributed by atoms with van der Waals surface area (Å²) in [6.07, 6.45) is 0. The van der Waals surface area contributed by atoms with Crippen molar-refractivity contribution in [2.75, 3.05) is 43.5 Å². The molecule has 0 aliphatic rings. The molecule has 0 radical (unpaired) electrons. The number of benzene rings is 1. The van der Waals surface area contributed by atoms with Gasteiger partial charge in [-0.05, 0) is 19.1 Å². The van der Waals surface area contributed by atoms with Crippen molar-refractivity contribution in [3.8, 4) is 0 Å². The molecule has 0 unspecified atom stereocenters. The predicted octanol–water partition coefficient (Wildman–Crippen LogP) is 0.376. The van der Waals surface area contributed by atoms with E-state index in [9.17, 15) is 9.18 Å². The highest BCUT2D eigenvalue weighted by Crippen LogP contribution is 2.26. The van der Waals surface area contributed by atoms with E-state index in [-0.39, 0.29) is 49.8 Å². The van der Waals surface area contributed by atoms with E-state index in [0.717, 1.165) is 6.07 Å². The van der Waals surface area contributed by atoms with E-state index in [1.54, 1.807) is 6.92 Å². The summed E-state index contributed by atoms with van der Waals surface area (Å²) >= 11 is 0. The average molecular weight is 286 g/mol. The van der Waals surface area contributed by atoms with E-state index < -0.39 is 11.8 Å². The summed E-state index contributed by atoms with van der Waals surface area (Å²) in [5.41, 5.74) is 5.74. The highest BCUT2D eigenvalue weighted by atomic mass is 19.1. The number of halogens is 1. The van der Waals surface area contributed by atoms with Gasteiger partial charge in [-0.15, -0.1) is 0 Å². The summed E-state index contributed by atoms with van der Waals surface area (Å²) in [5.74, 6) is -1.27. The molecule has 20 heavy (non-hydrogen) atoms. The fourth-order valence-corrected chi connectivity index (χ4v) is 1.80. The van der Waals surface area contributed by atoms with Gasteiger partial charge in [0, 0.05) is 18.8 Å². The van der Waals surface area contributed by atoms with Crippen molar-refractivity contribution in [2.45, 2.75) is 6.92 Å². The molecule has 1 aromatic rings. The first-order valence-electron chi connectivity index (χ1n) is 6.27. The zero-order chi connectivity index (χ0) is 15.1. The molecule has 0 aromatic heterocycles. The number of esters is 1. The number of aliphatic hydroxyl groups excluding tert-OH is 2. The summed E-state index contributed by atoms with van der Waals surface area (Å²) in [5, 5.41) is 17.9. The summed E-state index contributed by atoms with van der Waals surface area (Å²) < 4.78 is 18.8. The van der Waals surface area contributed by atoms with Crippen LogP contribution in [0.2, 0.25) is 0 Å². The molecule has 0 aliphatic carbocycles. The smallest absolute Gasteiger partial charge is 0.340 e. The summed E-state index contributed by atoms with van der Waals surface area (Å²) in [7, 11) is 0. The predicted molar refractivity (Wildman–Crippen MR) is 73.2 cm³/mol. The third-order valence-corrected chi connectivity index (χ3v) is 2.69. The molecule has 0 saturated carbocycles. The van der Waals surface area contributed by atoms with Crippen LogP contribution in [0.4, 0.5) is 15.8 Å². The van der Waals surface area contributed by atoms with E-state index in [1.165, 1.54) is 11.0 Å². The van der Waals surface area contributed by atoms with Gasteiger partial charge in [0.05, 0.1) is 31.1 Å². The van der Waals surface area contributed by atoms with Crippen molar-refractivity contribution >= 4 is 17.3 Å². The Kier molecular flexibility index (Phi) is 6.20. The van der Waals surface area contributed by atoms with Crippen molar-refractivity contribution in [3.63, 3.8) is 0 Å². The molecule has 112 valence electrons. The molecule has 6 nitrogen and oxygen atoms in total. The second-order valence-corrected chi connectivity index (χ2v) is 4.05. The molecule has 0 amide bonds. The van der Waals surface area contributed by atoms with Crippen molar-refractivity contribution in [1.29, 1.82) is 0 Å². The van der Waals surface area contributed by atoms with Gasteiger partial charge >= 0.3 is 5.97 Å². The Morgan fingerprint density at radius 3 is 2.45 bits per heavy atom. The Labute approximate surface area is 116 Å². The Hall–Kier alpha value is -1.86. The molecule has 0 aliphatic heterocycles. The van der Waals surface area contributed by atoms with Gasteiger partial charge in [0.2, 0.25) is 0 Å². The van der Waals surface area contributed by atoms with Crippen LogP contribution in [0.15, 0.2) is 12.1 Å². The van der Waals surface area contributed by atoms with Gasteiger partial charge in [-0.3, -0.25) is 0 Å². The third kappa shape index (κ3) is 3.82. The molecule has 0 bridgehead atoms. The van der Waals surface area contributed by atoms with Gasteiger partial charge in [0.1, 0.15) is 5.82 Å². The molecule has 0 fully saturated rings. The molecular formula is C13H19FN2O4. The number of nitrogen functional groups attached to an aromatic ring is 1. The van der Waals surface area contributed by atoms with Crippen LogP contribution in [0.25, 0.3) is 0 Å². The molecule has 7 heteroatoms. The third-order valence-electron chi connectivity index (χ3n) is 2.69. The number of carbonyl (C=O) groups is 1. The molecule has 4 N–H and O–H groups in total. The number of hydrogen-bond donors (Lipinski definition) is 3. The van der Waals surface area contributed by atoms with E-state index >= 15 is 0 Å². The molecule has 1 rings (SSSR count). The van der Waals surface area contributed by atoms with Crippen molar-refractivity contribution in [2.24, 2.45) is 0 Å². The van der Waals surface area contributed by atoms with Crippen LogP contribution in [-0.2, 0) is 4.74 Å². The van der Waals surface area contributed by atoms with Gasteiger partial charge in [-0.1, -0.05) is 0 Å². The van der Waals surface area contributed by atoms with Crippen LogP contribution in [0, 0.1) is 5.82 Å². The summed E-state index contributed by atoms with van der Waals surface area (Å²) in [6.45, 7) is 1.68. The van der Waals surface area contributed by atoms with Crippen molar-refractivity contribution < 1.29 is 24.1 Å². The molecule has 0 atom stereocenters. The van der Waals surface area contributed by atoms with Crippen LogP contribution in [0.3, 0.4) is 0 Å². The maximum absolute atomic E-state index is 13.9. The summed E-state index contributed by atoms with van der Waals surface area (Å²) in [6, 6.07) is 2.30. The van der Waals surface area contributed by atoms with Crippen LogP contribution in [0.1, 0.15) is 17.3 Å². The van der Waals surface area contributed by atoms with Gasteiger partial charge < -0.3 is 25.6 Å². The lowest BCUT2D eigenvalue weighted by molar-refractivity contribution is 0.0527. The molecule has 0 saturated heterocycles. The minimum atomic E-state index is -0.640. The second kappa shape index (κ2) is 7.66. The zero-order valence-corrected chi connectivity index (χ0v) is 11.3. The van der Waals surface area contributed by atoms with Crippen LogP contribution < -0.4 is 10.6 Å². The SMILES string of the molecule is CCOC(=O)c1cc(N(CCO)CCO)c(F)cc1N. The van der Waals surface area contributed by atoms with Gasteiger partial charge in [0.25, 0.3) is 0 Å². The van der Waals surface area contributed by atoms with Crippen LogP contribution >= 0.6 is 0 Å². The Morgan fingerprint density at radius 1 is 1.35 bits per heavy atom. The average Bonchev–Trinajstić information content (AvgIpc) is 2.39. The Morgan fingerprint density at radius 2 is 1.95 bits per heavy atom. The normalized spacial score (nSPS) is 10.4. The van der Waals surface area contributed by atoms with E-state index in [2.05, 4.69) is 0 Å². The first-order chi connectivity index (χ1) is 9.54. The highest BCUT2D eigenvalue weighted by Gasteiger charge is 2.18. The molecule has 1 aromatic carbocycles. The lowest BCUT2D eigenvalue weighted by Gasteiger charge is -2.24. The minimum absolute atomic E-state index is 0.0161. The van der Waals surface area contributed by atoms with Crippen molar-refractivity contribution in [1.82, 2.24) is 0 Å². The number of nitrogens with zero attached hydrogens (tertiary/aromatic N) is 1. The van der Waals surface area contributed by atoms with Gasteiger partial charge in [-0.25, -0.2) is 9.18 Å². The Balaban J connectivity index is 3.18. The molecule has 0 spiro atoms. The first-order valence-corrected chi connectivity index (χ1v) is 6.27. The minimum Gasteiger partial charge on any atom is -0.462 e. The topological polar surface area (TPSA) is 96.0 Å². The van der Waals surface area contributed by atoms with Gasteiger partial charge in [-0.2, -0.15) is 0 Å². The maximum Gasteiger partial charge on any atom is 0.340 e. The fraction of sp³-hybridized carbons (Fsp3) is 0.462. The highest BCUT2D eigenvalue weighted by molar-refractivity contribution is 5.96. The Bertz CT molecular complexity index is 462. The zero-order valence-electron chi connectivity index (χ0n) is 11.3. The van der Waals surface area contributed by atoms with E-state index in [4.69, 9.17) is 20.7 Å². The van der Waals surface area contributed by atoms with Crippen LogP contribution in [-0.4, -0.2) is 49.1 Å². The summed E-state index contributed by atoms with van der Waals surface area (Å²) in [4.78, 5) is 13.2. The number of nitrogens with two attached hydrogens (primary N) is 1. The number of aliphatic hydroxyl groups is 2. The van der Waals surface area contributed by atoms with Crippen LogP contribution in [0.5, 0.6) is 0 Å². The number of rotatable bonds is 7. The lowest BCUT2D eigenvalue weighted by atomic mass is 10.1. The number of ether oxygens (including phenoxy) is 1. The number of anilines is 2. The second-order valence-electron chi connectivity index (χ2n) is 4.05. The lowest BCUT2D eigenvalue weighted by Crippen LogP contribution is -2.30. The van der Waals surface area contributed by atoms with Crippen molar-refractivity contribution in [3.05, 3.63) is 23.5 Å². The van der Waals surface area contributed by atoms with E-state index in [1.807, 2.05) is 0 Å². The van der Waals surface area contributed by atoms with E-state index in [0.29, 0.717) is 0 Å². The largest absolute Gasteiger partial charge is 0.462 e. The monoisotopic (exact) mass is 286 g/mol. The fourth-order valence-electron chi connectivity index (χ4n) is 1.80. The quantitative estimate of drug-likeness (QED) is 0.495. The first kappa shape index (κ1) is 16.2. The maximum atomic E-state index is 13.9. The number of hydrogen-bond acceptors (Lipinski definition) is 6. The number of carbonyl (C=O) groups excluding carboxylic acids is 1.